The van der Waals surface area contributed by atoms with Crippen LogP contribution in [0.25, 0.3) is 0 Å². The second kappa shape index (κ2) is 6.45. The first-order chi connectivity index (χ1) is 7.29. The molecule has 0 aromatic heterocycles. The van der Waals surface area contributed by atoms with E-state index in [4.69, 9.17) is 5.73 Å². The van der Waals surface area contributed by atoms with Gasteiger partial charge < -0.3 is 10.6 Å². The van der Waals surface area contributed by atoms with Crippen molar-refractivity contribution in [3.05, 3.63) is 0 Å². The predicted octanol–water partition coefficient (Wildman–Crippen LogP) is 1.80. The van der Waals surface area contributed by atoms with E-state index >= 15 is 0 Å². The second-order valence-electron chi connectivity index (χ2n) is 5.07. The standard InChI is InChI=1S/C12H22N2O.ClH/c13-8-11-2-1-7-14(9-11)12(15)6-5-10-3-4-10;/h10-11H,1-9,13H2;1H. The molecule has 1 aliphatic carbocycles. The molecule has 2 rings (SSSR count). The van der Waals surface area contributed by atoms with Gasteiger partial charge in [-0.05, 0) is 37.6 Å². The molecule has 0 spiro atoms. The van der Waals surface area contributed by atoms with Gasteiger partial charge in [0.2, 0.25) is 5.91 Å². The minimum absolute atomic E-state index is 0. The van der Waals surface area contributed by atoms with Gasteiger partial charge in [0.05, 0.1) is 0 Å². The average Bonchev–Trinajstić information content (AvgIpc) is 3.10. The number of nitrogens with zero attached hydrogens (tertiary/aromatic N) is 1. The molecule has 1 unspecified atom stereocenters. The van der Waals surface area contributed by atoms with E-state index < -0.39 is 0 Å². The van der Waals surface area contributed by atoms with Crippen LogP contribution < -0.4 is 5.73 Å². The lowest BCUT2D eigenvalue weighted by molar-refractivity contribution is -0.133. The molecule has 16 heavy (non-hydrogen) atoms. The molecular formula is C12H23ClN2O. The molecule has 0 aromatic carbocycles. The highest BCUT2D eigenvalue weighted by atomic mass is 35.5. The Morgan fingerprint density at radius 1 is 1.25 bits per heavy atom. The van der Waals surface area contributed by atoms with Gasteiger partial charge in [-0.25, -0.2) is 0 Å². The van der Waals surface area contributed by atoms with Crippen LogP contribution in [0, 0.1) is 11.8 Å². The van der Waals surface area contributed by atoms with Gasteiger partial charge in [-0.15, -0.1) is 12.4 Å². The minimum Gasteiger partial charge on any atom is -0.342 e. The Labute approximate surface area is 104 Å². The first kappa shape index (κ1) is 13.8. The van der Waals surface area contributed by atoms with Crippen LogP contribution in [0.4, 0.5) is 0 Å². The van der Waals surface area contributed by atoms with Gasteiger partial charge in [0.25, 0.3) is 0 Å². The monoisotopic (exact) mass is 246 g/mol. The third-order valence-corrected chi connectivity index (χ3v) is 3.67. The van der Waals surface area contributed by atoms with Crippen LogP contribution >= 0.6 is 12.4 Å². The van der Waals surface area contributed by atoms with Crippen molar-refractivity contribution in [1.82, 2.24) is 4.90 Å². The molecule has 0 bridgehead atoms. The highest BCUT2D eigenvalue weighted by Crippen LogP contribution is 2.33. The molecule has 3 nitrogen and oxygen atoms in total. The lowest BCUT2D eigenvalue weighted by Crippen LogP contribution is -2.41. The molecule has 1 saturated heterocycles. The minimum atomic E-state index is 0. The largest absolute Gasteiger partial charge is 0.342 e. The molecule has 1 saturated carbocycles. The Hall–Kier alpha value is -0.280. The third kappa shape index (κ3) is 3.95. The maximum atomic E-state index is 11.9. The molecule has 4 heteroatoms. The molecule has 1 amide bonds. The fourth-order valence-electron chi connectivity index (χ4n) is 2.38. The van der Waals surface area contributed by atoms with Crippen LogP contribution in [-0.4, -0.2) is 30.4 Å². The summed E-state index contributed by atoms with van der Waals surface area (Å²) in [6.07, 6.45) is 6.90. The maximum absolute atomic E-state index is 11.9. The average molecular weight is 247 g/mol. The van der Waals surface area contributed by atoms with E-state index in [-0.39, 0.29) is 12.4 Å². The summed E-state index contributed by atoms with van der Waals surface area (Å²) < 4.78 is 0. The molecule has 1 aliphatic heterocycles. The quantitative estimate of drug-likeness (QED) is 0.822. The molecule has 1 atom stereocenters. The summed E-state index contributed by atoms with van der Waals surface area (Å²) in [5, 5.41) is 0. The number of halogens is 1. The van der Waals surface area contributed by atoms with Crippen molar-refractivity contribution in [2.45, 2.75) is 38.5 Å². The highest BCUT2D eigenvalue weighted by molar-refractivity contribution is 5.85. The Bertz CT molecular complexity index is 231. The van der Waals surface area contributed by atoms with Gasteiger partial charge in [-0.1, -0.05) is 12.8 Å². The molecule has 0 aromatic rings. The van der Waals surface area contributed by atoms with Gasteiger partial charge >= 0.3 is 0 Å². The SMILES string of the molecule is Cl.NCC1CCCN(C(=O)CCC2CC2)C1. The number of carbonyl (C=O) groups excluding carboxylic acids is 1. The van der Waals surface area contributed by atoms with Crippen LogP contribution in [0.2, 0.25) is 0 Å². The smallest absolute Gasteiger partial charge is 0.222 e. The summed E-state index contributed by atoms with van der Waals surface area (Å²) in [6, 6.07) is 0. The van der Waals surface area contributed by atoms with Crippen LogP contribution in [0.15, 0.2) is 0 Å². The number of nitrogens with two attached hydrogens (primary N) is 1. The zero-order chi connectivity index (χ0) is 10.7. The van der Waals surface area contributed by atoms with Crippen LogP contribution in [0.5, 0.6) is 0 Å². The number of amides is 1. The molecule has 1 heterocycles. The van der Waals surface area contributed by atoms with Crippen molar-refractivity contribution >= 4 is 18.3 Å². The molecular weight excluding hydrogens is 224 g/mol. The van der Waals surface area contributed by atoms with E-state index in [1.54, 1.807) is 0 Å². The molecule has 2 fully saturated rings. The Kier molecular flexibility index (Phi) is 5.56. The van der Waals surface area contributed by atoms with E-state index in [2.05, 4.69) is 0 Å². The topological polar surface area (TPSA) is 46.3 Å². The van der Waals surface area contributed by atoms with Crippen LogP contribution in [0.1, 0.15) is 38.5 Å². The van der Waals surface area contributed by atoms with Gasteiger partial charge in [0.1, 0.15) is 0 Å². The zero-order valence-electron chi connectivity index (χ0n) is 9.86. The zero-order valence-corrected chi connectivity index (χ0v) is 10.7. The van der Waals surface area contributed by atoms with Gasteiger partial charge in [-0.3, -0.25) is 4.79 Å². The van der Waals surface area contributed by atoms with Crippen molar-refractivity contribution in [3.63, 3.8) is 0 Å². The van der Waals surface area contributed by atoms with Gasteiger partial charge in [0, 0.05) is 19.5 Å². The van der Waals surface area contributed by atoms with Crippen molar-refractivity contribution in [2.24, 2.45) is 17.6 Å². The number of likely N-dealkylation sites (tertiary alicyclic amines) is 1. The van der Waals surface area contributed by atoms with E-state index in [0.717, 1.165) is 44.8 Å². The second-order valence-corrected chi connectivity index (χ2v) is 5.07. The van der Waals surface area contributed by atoms with E-state index in [1.165, 1.54) is 19.3 Å². The van der Waals surface area contributed by atoms with E-state index in [1.807, 2.05) is 4.90 Å². The summed E-state index contributed by atoms with van der Waals surface area (Å²) in [7, 11) is 0. The highest BCUT2D eigenvalue weighted by Gasteiger charge is 2.26. The molecule has 0 radical (unpaired) electrons. The lowest BCUT2D eigenvalue weighted by Gasteiger charge is -2.32. The van der Waals surface area contributed by atoms with E-state index in [0.29, 0.717) is 11.8 Å². The fourth-order valence-corrected chi connectivity index (χ4v) is 2.38. The van der Waals surface area contributed by atoms with Gasteiger partial charge in [0.15, 0.2) is 0 Å². The van der Waals surface area contributed by atoms with Crippen molar-refractivity contribution in [1.29, 1.82) is 0 Å². The Balaban J connectivity index is 0.00000128. The van der Waals surface area contributed by atoms with Crippen molar-refractivity contribution in [2.75, 3.05) is 19.6 Å². The maximum Gasteiger partial charge on any atom is 0.222 e. The van der Waals surface area contributed by atoms with Crippen molar-refractivity contribution < 1.29 is 4.79 Å². The summed E-state index contributed by atoms with van der Waals surface area (Å²) in [6.45, 7) is 2.59. The number of carbonyl (C=O) groups is 1. The summed E-state index contributed by atoms with van der Waals surface area (Å²) in [4.78, 5) is 13.9. The Morgan fingerprint density at radius 3 is 2.62 bits per heavy atom. The molecule has 2 N–H and O–H groups in total. The number of rotatable bonds is 4. The van der Waals surface area contributed by atoms with E-state index in [9.17, 15) is 4.79 Å². The normalized spacial score (nSPS) is 25.1. The van der Waals surface area contributed by atoms with Crippen LogP contribution in [-0.2, 0) is 4.79 Å². The predicted molar refractivity (Wildman–Crippen MR) is 67.6 cm³/mol. The summed E-state index contributed by atoms with van der Waals surface area (Å²) >= 11 is 0. The Morgan fingerprint density at radius 2 is 2.00 bits per heavy atom. The first-order valence-corrected chi connectivity index (χ1v) is 6.27. The molecule has 2 aliphatic rings. The number of hydrogen-bond acceptors (Lipinski definition) is 2. The first-order valence-electron chi connectivity index (χ1n) is 6.27. The fraction of sp³-hybridized carbons (Fsp3) is 0.917. The third-order valence-electron chi connectivity index (χ3n) is 3.67. The van der Waals surface area contributed by atoms with Crippen LogP contribution in [0.3, 0.4) is 0 Å². The number of piperidine rings is 1. The lowest BCUT2D eigenvalue weighted by atomic mass is 9.98. The van der Waals surface area contributed by atoms with Crippen molar-refractivity contribution in [3.8, 4) is 0 Å². The van der Waals surface area contributed by atoms with Gasteiger partial charge in [-0.2, -0.15) is 0 Å². The summed E-state index contributed by atoms with van der Waals surface area (Å²) in [5.41, 5.74) is 5.66. The number of hydrogen-bond donors (Lipinski definition) is 1. The molecule has 94 valence electrons. The summed E-state index contributed by atoms with van der Waals surface area (Å²) in [5.74, 6) is 1.77.